The summed E-state index contributed by atoms with van der Waals surface area (Å²) in [6.45, 7) is 9.73. The second-order valence-corrected chi connectivity index (χ2v) is 6.26. The molecule has 4 N–H and O–H groups in total. The third-order valence-electron chi connectivity index (χ3n) is 2.52. The predicted molar refractivity (Wildman–Crippen MR) is 86.0 cm³/mol. The maximum Gasteiger partial charge on any atom is 0.239 e. The van der Waals surface area contributed by atoms with Crippen LogP contribution in [0.4, 0.5) is 5.82 Å². The highest BCUT2D eigenvalue weighted by atomic mass is 32.1. The Balaban J connectivity index is 2.88. The van der Waals surface area contributed by atoms with Crippen LogP contribution in [0.2, 0.25) is 0 Å². The van der Waals surface area contributed by atoms with Crippen LogP contribution in [0.15, 0.2) is 6.07 Å². The Bertz CT molecular complexity index is 535. The lowest BCUT2D eigenvalue weighted by molar-refractivity contribution is -0.120. The standard InChI is InChI=1S/C14H22N4OS/c1-8-6-9(2)17-13(11(8)12(15)20)16-7-10(19)18-14(3,4)5/h6H,7H2,1-5H3,(H2,15,20)(H,16,17)(H,18,19). The molecule has 0 aliphatic rings. The van der Waals surface area contributed by atoms with Crippen LogP contribution in [0.5, 0.6) is 0 Å². The molecule has 1 rings (SSSR count). The lowest BCUT2D eigenvalue weighted by Gasteiger charge is -2.21. The summed E-state index contributed by atoms with van der Waals surface area (Å²) in [5.74, 6) is 0.450. The number of pyridine rings is 1. The van der Waals surface area contributed by atoms with Crippen molar-refractivity contribution in [1.82, 2.24) is 10.3 Å². The van der Waals surface area contributed by atoms with Crippen molar-refractivity contribution >= 4 is 28.9 Å². The molecular weight excluding hydrogens is 272 g/mol. The summed E-state index contributed by atoms with van der Waals surface area (Å²) in [6.07, 6.45) is 0. The van der Waals surface area contributed by atoms with E-state index in [0.29, 0.717) is 11.4 Å². The van der Waals surface area contributed by atoms with E-state index >= 15 is 0 Å². The number of rotatable bonds is 4. The van der Waals surface area contributed by atoms with Gasteiger partial charge in [-0.1, -0.05) is 12.2 Å². The first-order chi connectivity index (χ1) is 9.10. The summed E-state index contributed by atoms with van der Waals surface area (Å²) in [5.41, 5.74) is 7.95. The number of hydrogen-bond acceptors (Lipinski definition) is 4. The first-order valence-corrected chi connectivity index (χ1v) is 6.84. The Hall–Kier alpha value is -1.69. The molecule has 20 heavy (non-hydrogen) atoms. The van der Waals surface area contributed by atoms with Gasteiger partial charge in [-0.15, -0.1) is 0 Å². The molecule has 0 saturated carbocycles. The third-order valence-corrected chi connectivity index (χ3v) is 2.73. The molecule has 1 aromatic heterocycles. The number of aromatic nitrogens is 1. The fraction of sp³-hybridized carbons (Fsp3) is 0.500. The van der Waals surface area contributed by atoms with E-state index in [1.165, 1.54) is 0 Å². The van der Waals surface area contributed by atoms with E-state index in [0.717, 1.165) is 11.3 Å². The van der Waals surface area contributed by atoms with Crippen molar-refractivity contribution in [2.24, 2.45) is 5.73 Å². The predicted octanol–water partition coefficient (Wildman–Crippen LogP) is 1.66. The van der Waals surface area contributed by atoms with Crippen molar-refractivity contribution in [2.75, 3.05) is 11.9 Å². The fourth-order valence-electron chi connectivity index (χ4n) is 1.90. The minimum atomic E-state index is -0.263. The second kappa shape index (κ2) is 6.17. The van der Waals surface area contributed by atoms with Crippen molar-refractivity contribution in [3.8, 4) is 0 Å². The Kier molecular flexibility index (Phi) is 5.05. The van der Waals surface area contributed by atoms with Gasteiger partial charge in [0.1, 0.15) is 10.8 Å². The molecule has 1 amide bonds. The Morgan fingerprint density at radius 2 is 2.00 bits per heavy atom. The minimum Gasteiger partial charge on any atom is -0.389 e. The number of carbonyl (C=O) groups excluding carboxylic acids is 1. The largest absolute Gasteiger partial charge is 0.389 e. The molecule has 0 atom stereocenters. The molecule has 0 saturated heterocycles. The average molecular weight is 294 g/mol. The first kappa shape index (κ1) is 16.4. The smallest absolute Gasteiger partial charge is 0.239 e. The number of aryl methyl sites for hydroxylation is 2. The molecule has 6 heteroatoms. The van der Waals surface area contributed by atoms with Gasteiger partial charge in [-0.25, -0.2) is 4.98 Å². The first-order valence-electron chi connectivity index (χ1n) is 6.43. The SMILES string of the molecule is Cc1cc(C)c(C(N)=S)c(NCC(=O)NC(C)(C)C)n1. The number of thiocarbonyl (C=S) groups is 1. The van der Waals surface area contributed by atoms with Gasteiger partial charge in [0.15, 0.2) is 0 Å². The van der Waals surface area contributed by atoms with E-state index in [1.54, 1.807) is 0 Å². The minimum absolute atomic E-state index is 0.104. The van der Waals surface area contributed by atoms with Gasteiger partial charge >= 0.3 is 0 Å². The van der Waals surface area contributed by atoms with E-state index in [9.17, 15) is 4.79 Å². The summed E-state index contributed by atoms with van der Waals surface area (Å²) >= 11 is 5.05. The van der Waals surface area contributed by atoms with E-state index in [1.807, 2.05) is 40.7 Å². The topological polar surface area (TPSA) is 80.0 Å². The third kappa shape index (κ3) is 4.77. The van der Waals surface area contributed by atoms with Crippen LogP contribution in [0.3, 0.4) is 0 Å². The fourth-order valence-corrected chi connectivity index (χ4v) is 2.16. The molecule has 5 nitrogen and oxygen atoms in total. The molecular formula is C14H22N4OS. The second-order valence-electron chi connectivity index (χ2n) is 5.82. The zero-order chi connectivity index (χ0) is 15.5. The molecule has 0 unspecified atom stereocenters. The highest BCUT2D eigenvalue weighted by Gasteiger charge is 2.15. The summed E-state index contributed by atoms with van der Waals surface area (Å²) in [4.78, 5) is 16.5. The van der Waals surface area contributed by atoms with Crippen molar-refractivity contribution in [3.05, 3.63) is 22.9 Å². The van der Waals surface area contributed by atoms with Gasteiger partial charge in [0.25, 0.3) is 0 Å². The van der Waals surface area contributed by atoms with Crippen LogP contribution < -0.4 is 16.4 Å². The zero-order valence-electron chi connectivity index (χ0n) is 12.6. The van der Waals surface area contributed by atoms with Gasteiger partial charge in [-0.2, -0.15) is 0 Å². The Labute approximate surface area is 125 Å². The normalized spacial score (nSPS) is 11.1. The van der Waals surface area contributed by atoms with Crippen molar-refractivity contribution in [3.63, 3.8) is 0 Å². The molecule has 0 fully saturated rings. The summed E-state index contributed by atoms with van der Waals surface area (Å²) in [7, 11) is 0. The highest BCUT2D eigenvalue weighted by molar-refractivity contribution is 7.80. The molecule has 0 spiro atoms. The zero-order valence-corrected chi connectivity index (χ0v) is 13.4. The van der Waals surface area contributed by atoms with Crippen LogP contribution in [0, 0.1) is 13.8 Å². The summed E-state index contributed by atoms with van der Waals surface area (Å²) in [6, 6.07) is 1.91. The van der Waals surface area contributed by atoms with E-state index in [2.05, 4.69) is 15.6 Å². The molecule has 0 aliphatic heterocycles. The number of carbonyl (C=O) groups is 1. The Morgan fingerprint density at radius 3 is 2.50 bits per heavy atom. The molecule has 0 aromatic carbocycles. The van der Waals surface area contributed by atoms with Crippen LogP contribution in [-0.2, 0) is 4.79 Å². The van der Waals surface area contributed by atoms with Crippen molar-refractivity contribution in [2.45, 2.75) is 40.2 Å². The summed E-state index contributed by atoms with van der Waals surface area (Å²) < 4.78 is 0. The molecule has 1 heterocycles. The van der Waals surface area contributed by atoms with Crippen LogP contribution >= 0.6 is 12.2 Å². The maximum absolute atomic E-state index is 11.8. The van der Waals surface area contributed by atoms with Gasteiger partial charge in [0, 0.05) is 11.2 Å². The van der Waals surface area contributed by atoms with Crippen LogP contribution in [-0.4, -0.2) is 28.0 Å². The van der Waals surface area contributed by atoms with E-state index in [4.69, 9.17) is 18.0 Å². The van der Waals surface area contributed by atoms with E-state index in [-0.39, 0.29) is 23.0 Å². The number of anilines is 1. The molecule has 0 radical (unpaired) electrons. The van der Waals surface area contributed by atoms with Crippen molar-refractivity contribution < 1.29 is 4.79 Å². The molecule has 110 valence electrons. The lowest BCUT2D eigenvalue weighted by atomic mass is 10.1. The Morgan fingerprint density at radius 1 is 1.40 bits per heavy atom. The summed E-state index contributed by atoms with van der Waals surface area (Å²) in [5, 5.41) is 5.88. The van der Waals surface area contributed by atoms with Gasteiger partial charge < -0.3 is 16.4 Å². The van der Waals surface area contributed by atoms with E-state index < -0.39 is 0 Å². The van der Waals surface area contributed by atoms with Crippen LogP contribution in [0.1, 0.15) is 37.6 Å². The van der Waals surface area contributed by atoms with Gasteiger partial charge in [0.2, 0.25) is 5.91 Å². The van der Waals surface area contributed by atoms with Crippen molar-refractivity contribution in [1.29, 1.82) is 0 Å². The quantitative estimate of drug-likeness (QED) is 0.736. The highest BCUT2D eigenvalue weighted by Crippen LogP contribution is 2.18. The average Bonchev–Trinajstić information content (AvgIpc) is 2.22. The maximum atomic E-state index is 11.8. The number of nitrogens with one attached hydrogen (secondary N) is 2. The number of nitrogens with zero attached hydrogens (tertiary/aromatic N) is 1. The number of amides is 1. The van der Waals surface area contributed by atoms with Gasteiger partial charge in [0.05, 0.1) is 12.1 Å². The molecule has 0 bridgehead atoms. The monoisotopic (exact) mass is 294 g/mol. The molecule has 0 aliphatic carbocycles. The number of nitrogens with two attached hydrogens (primary N) is 1. The van der Waals surface area contributed by atoms with Gasteiger partial charge in [-0.05, 0) is 46.2 Å². The molecule has 1 aromatic rings. The van der Waals surface area contributed by atoms with Gasteiger partial charge in [-0.3, -0.25) is 4.79 Å². The number of hydrogen-bond donors (Lipinski definition) is 3. The van der Waals surface area contributed by atoms with Crippen LogP contribution in [0.25, 0.3) is 0 Å². The lowest BCUT2D eigenvalue weighted by Crippen LogP contribution is -2.43.